The van der Waals surface area contributed by atoms with Gasteiger partial charge in [0.15, 0.2) is 0 Å². The highest BCUT2D eigenvalue weighted by atomic mass is 32.1. The minimum atomic E-state index is -1.53. The first-order chi connectivity index (χ1) is 15.5. The lowest BCUT2D eigenvalue weighted by atomic mass is 10.1. The highest BCUT2D eigenvalue weighted by Gasteiger charge is 2.29. The number of carboxylic acid groups (broad SMARTS) is 1. The van der Waals surface area contributed by atoms with Gasteiger partial charge in [0.1, 0.15) is 23.9 Å². The quantitative estimate of drug-likeness (QED) is 0.126. The molecule has 0 aliphatic heterocycles. The summed E-state index contributed by atoms with van der Waals surface area (Å²) in [7, 11) is 0. The summed E-state index contributed by atoms with van der Waals surface area (Å²) >= 11 is 3.95. The van der Waals surface area contributed by atoms with Crippen molar-refractivity contribution >= 4 is 42.2 Å². The van der Waals surface area contributed by atoms with Gasteiger partial charge < -0.3 is 42.7 Å². The van der Waals surface area contributed by atoms with Crippen LogP contribution in [0.3, 0.4) is 0 Å². The van der Waals surface area contributed by atoms with Gasteiger partial charge in [-0.2, -0.15) is 12.6 Å². The molecule has 0 saturated heterocycles. The molecule has 10 N–H and O–H groups in total. The number of carboxylic acids is 1. The maximum Gasteiger partial charge on any atom is 0.326 e. The molecule has 4 atom stereocenters. The Morgan fingerprint density at radius 3 is 1.91 bits per heavy atom. The zero-order chi connectivity index (χ0) is 25.1. The summed E-state index contributed by atoms with van der Waals surface area (Å²) in [6.07, 6.45) is -0.577. The van der Waals surface area contributed by atoms with Crippen molar-refractivity contribution < 1.29 is 39.3 Å². The molecule has 0 aliphatic rings. The number of nitrogens with two attached hydrogens (primary N) is 2. The second-order valence-electron chi connectivity index (χ2n) is 7.03. The number of phenolic OH excluding ortho intramolecular Hbond substituents is 1. The van der Waals surface area contributed by atoms with Crippen LogP contribution in [0, 0.1) is 0 Å². The predicted molar refractivity (Wildman–Crippen MR) is 118 cm³/mol. The highest BCUT2D eigenvalue weighted by Crippen LogP contribution is 2.11. The number of hydrogen-bond acceptors (Lipinski definition) is 9. The van der Waals surface area contributed by atoms with E-state index in [4.69, 9.17) is 11.5 Å². The van der Waals surface area contributed by atoms with Crippen molar-refractivity contribution in [3.8, 4) is 5.75 Å². The molecule has 33 heavy (non-hydrogen) atoms. The lowest BCUT2D eigenvalue weighted by Gasteiger charge is -2.23. The van der Waals surface area contributed by atoms with Crippen LogP contribution in [0.15, 0.2) is 24.3 Å². The number of benzene rings is 1. The third-order valence-corrected chi connectivity index (χ3v) is 4.74. The van der Waals surface area contributed by atoms with Gasteiger partial charge in [-0.3, -0.25) is 19.2 Å². The number of primary amides is 1. The van der Waals surface area contributed by atoms with Crippen LogP contribution in [0.25, 0.3) is 0 Å². The van der Waals surface area contributed by atoms with Gasteiger partial charge in [0.05, 0.1) is 19.1 Å². The smallest absolute Gasteiger partial charge is 0.326 e. The van der Waals surface area contributed by atoms with Crippen LogP contribution >= 0.6 is 12.6 Å². The third kappa shape index (κ3) is 9.34. The van der Waals surface area contributed by atoms with Gasteiger partial charge in [-0.25, -0.2) is 4.79 Å². The fourth-order valence-electron chi connectivity index (χ4n) is 2.59. The molecule has 0 radical (unpaired) electrons. The van der Waals surface area contributed by atoms with Gasteiger partial charge in [0, 0.05) is 12.2 Å². The molecule has 0 spiro atoms. The minimum absolute atomic E-state index is 0.0147. The molecule has 0 heterocycles. The number of aliphatic carboxylic acids is 1. The van der Waals surface area contributed by atoms with Gasteiger partial charge in [0.25, 0.3) is 0 Å². The molecular formula is C19H27N5O8S. The van der Waals surface area contributed by atoms with Crippen LogP contribution in [-0.2, 0) is 30.4 Å². The number of phenols is 1. The molecule has 1 aromatic carbocycles. The molecule has 13 nitrogen and oxygen atoms in total. The van der Waals surface area contributed by atoms with E-state index in [-0.39, 0.29) is 17.9 Å². The molecule has 0 saturated carbocycles. The maximum atomic E-state index is 12.5. The monoisotopic (exact) mass is 485 g/mol. The van der Waals surface area contributed by atoms with Crippen LogP contribution in [0.1, 0.15) is 12.0 Å². The Bertz CT molecular complexity index is 866. The number of carbonyl (C=O) groups is 5. The van der Waals surface area contributed by atoms with Crippen molar-refractivity contribution in [3.63, 3.8) is 0 Å². The summed E-state index contributed by atoms with van der Waals surface area (Å²) in [6, 6.07) is 0.178. The first-order valence-corrected chi connectivity index (χ1v) is 10.3. The van der Waals surface area contributed by atoms with Crippen LogP contribution in [-0.4, -0.2) is 81.4 Å². The molecule has 0 fully saturated rings. The van der Waals surface area contributed by atoms with Crippen molar-refractivity contribution in [3.05, 3.63) is 29.8 Å². The lowest BCUT2D eigenvalue weighted by Crippen LogP contribution is -2.58. The standard InChI is InChI=1S/C19H27N5O8S/c20-11(6-15(21)27)16(28)24-14(8-33)18(30)23-13(7-25)17(29)22-12(19(31)32)5-9-1-3-10(26)4-2-9/h1-4,11-14,25-26,33H,5-8,20H2,(H2,21,27)(H,22,29)(H,23,30)(H,24,28)(H,31,32). The number of aliphatic hydroxyl groups is 1. The van der Waals surface area contributed by atoms with E-state index in [0.717, 1.165) is 0 Å². The lowest BCUT2D eigenvalue weighted by molar-refractivity contribution is -0.142. The zero-order valence-corrected chi connectivity index (χ0v) is 18.3. The predicted octanol–water partition coefficient (Wildman–Crippen LogP) is -3.40. The summed E-state index contributed by atoms with van der Waals surface area (Å²) in [4.78, 5) is 59.3. The number of rotatable bonds is 13. The summed E-state index contributed by atoms with van der Waals surface area (Å²) in [6.45, 7) is -0.864. The fourth-order valence-corrected chi connectivity index (χ4v) is 2.85. The van der Waals surface area contributed by atoms with E-state index in [1.807, 2.05) is 0 Å². The van der Waals surface area contributed by atoms with E-state index < -0.39 is 66.8 Å². The van der Waals surface area contributed by atoms with Gasteiger partial charge in [-0.1, -0.05) is 12.1 Å². The number of hydrogen-bond donors (Lipinski definition) is 9. The summed E-state index contributed by atoms with van der Waals surface area (Å²) in [5.74, 6) is -5.13. The van der Waals surface area contributed by atoms with Crippen LogP contribution in [0.2, 0.25) is 0 Å². The third-order valence-electron chi connectivity index (χ3n) is 4.38. The molecule has 4 unspecified atom stereocenters. The first-order valence-electron chi connectivity index (χ1n) is 9.65. The summed E-state index contributed by atoms with van der Waals surface area (Å²) in [5, 5.41) is 34.9. The van der Waals surface area contributed by atoms with E-state index in [0.29, 0.717) is 5.56 Å². The van der Waals surface area contributed by atoms with Crippen LogP contribution < -0.4 is 27.4 Å². The highest BCUT2D eigenvalue weighted by molar-refractivity contribution is 7.80. The van der Waals surface area contributed by atoms with E-state index in [1.54, 1.807) is 0 Å². The number of nitrogens with one attached hydrogen (secondary N) is 3. The molecule has 4 amide bonds. The SMILES string of the molecule is NC(=O)CC(N)C(=O)NC(CS)C(=O)NC(CO)C(=O)NC(Cc1ccc(O)cc1)C(=O)O. The molecule has 182 valence electrons. The Labute approximate surface area is 194 Å². The molecule has 0 aliphatic carbocycles. The number of carbonyl (C=O) groups excluding carboxylic acids is 4. The molecular weight excluding hydrogens is 458 g/mol. The Morgan fingerprint density at radius 2 is 1.42 bits per heavy atom. The molecule has 0 aromatic heterocycles. The van der Waals surface area contributed by atoms with Crippen LogP contribution in [0.4, 0.5) is 0 Å². The van der Waals surface area contributed by atoms with Gasteiger partial charge in [-0.15, -0.1) is 0 Å². The topological polar surface area (TPSA) is 234 Å². The van der Waals surface area contributed by atoms with Crippen molar-refractivity contribution in [2.45, 2.75) is 37.0 Å². The average molecular weight is 486 g/mol. The Hall–Kier alpha value is -3.36. The number of amides is 4. The number of aromatic hydroxyl groups is 1. The van der Waals surface area contributed by atoms with E-state index in [1.165, 1.54) is 24.3 Å². The van der Waals surface area contributed by atoms with Crippen molar-refractivity contribution in [2.24, 2.45) is 11.5 Å². The second kappa shape index (κ2) is 13.2. The van der Waals surface area contributed by atoms with Crippen LogP contribution in [0.5, 0.6) is 5.75 Å². The van der Waals surface area contributed by atoms with Gasteiger partial charge >= 0.3 is 5.97 Å². The average Bonchev–Trinajstić information content (AvgIpc) is 2.75. The molecule has 14 heteroatoms. The molecule has 1 aromatic rings. The number of aliphatic hydroxyl groups excluding tert-OH is 1. The van der Waals surface area contributed by atoms with Gasteiger partial charge in [-0.05, 0) is 17.7 Å². The van der Waals surface area contributed by atoms with Crippen molar-refractivity contribution in [2.75, 3.05) is 12.4 Å². The zero-order valence-electron chi connectivity index (χ0n) is 17.4. The largest absolute Gasteiger partial charge is 0.508 e. The maximum absolute atomic E-state index is 12.5. The van der Waals surface area contributed by atoms with E-state index in [9.17, 15) is 39.3 Å². The Balaban J connectivity index is 2.78. The Kier molecular flexibility index (Phi) is 11.1. The van der Waals surface area contributed by atoms with E-state index in [2.05, 4.69) is 28.6 Å². The summed E-state index contributed by atoms with van der Waals surface area (Å²) in [5.41, 5.74) is 11.0. The first kappa shape index (κ1) is 27.7. The van der Waals surface area contributed by atoms with Crippen molar-refractivity contribution in [1.29, 1.82) is 0 Å². The normalized spacial score (nSPS) is 14.3. The Morgan fingerprint density at radius 1 is 0.909 bits per heavy atom. The van der Waals surface area contributed by atoms with Gasteiger partial charge in [0.2, 0.25) is 23.6 Å². The number of thiol groups is 1. The second-order valence-corrected chi connectivity index (χ2v) is 7.40. The molecule has 1 rings (SSSR count). The van der Waals surface area contributed by atoms with Crippen molar-refractivity contribution in [1.82, 2.24) is 16.0 Å². The minimum Gasteiger partial charge on any atom is -0.508 e. The fraction of sp³-hybridized carbons (Fsp3) is 0.421. The van der Waals surface area contributed by atoms with E-state index >= 15 is 0 Å². The molecule has 0 bridgehead atoms. The summed E-state index contributed by atoms with van der Waals surface area (Å²) < 4.78 is 0.